The molecule has 3 aromatic heterocycles. The van der Waals surface area contributed by atoms with Crippen LogP contribution in [0.25, 0.3) is 0 Å². The fourth-order valence-corrected chi connectivity index (χ4v) is 18.9. The summed E-state index contributed by atoms with van der Waals surface area (Å²) in [5.74, 6) is 3.47. The summed E-state index contributed by atoms with van der Waals surface area (Å²) in [7, 11) is -4.73. The van der Waals surface area contributed by atoms with E-state index < -0.39 is 40.5 Å². The number of carbonyl (C=O) groups excluding carboxylic acids is 8. The number of aliphatic carboxylic acids is 1. The van der Waals surface area contributed by atoms with E-state index in [2.05, 4.69) is 54.0 Å². The number of nitrogens with two attached hydrogens (primary N) is 2. The van der Waals surface area contributed by atoms with Gasteiger partial charge in [-0.3, -0.25) is 44.1 Å². The third kappa shape index (κ3) is 22.7. The van der Waals surface area contributed by atoms with E-state index in [0.717, 1.165) is 116 Å². The fraction of sp³-hybridized carbons (Fsp3) is 0.566. The molecule has 10 bridgehead atoms. The monoisotopic (exact) mass is 1710 g/mol. The molecule has 10 fully saturated rings. The highest BCUT2D eigenvalue weighted by Gasteiger charge is 2.53. The van der Waals surface area contributed by atoms with Crippen molar-refractivity contribution in [3.8, 4) is 0 Å². The third-order valence-electron chi connectivity index (χ3n) is 21.3. The Balaban J connectivity index is 0.000000142. The molecule has 10 saturated heterocycles. The zero-order valence-electron chi connectivity index (χ0n) is 66.3. The smallest absolute Gasteiger partial charge is 0.418 e. The SMILES string of the molecule is CCCC(=O)CNC(=O)[C@@H]1CC[C@@H]2CN1C(=O)N2OCc1ccccc1.CCCC(=O)NN.CCCc1nnc([C@@H]2CC[C@@H]3CN2C(=O)N3O)s1.CCCc1nnc([C@@H]2CC[C@@H]3CN2C(=O)N3OCc2ccccc2)s1.NCCc1nnc([C@@H]2CC[C@@H]3CN2C(=O)N3OS(=O)(=O)O)s1.O=C(O)[C@@H]1CC[C@@H]2CN1C(=O)N2OCc1ccccc1. The van der Waals surface area contributed by atoms with Crippen LogP contribution in [0.1, 0.15) is 195 Å². The number of hydroxylamine groups is 10. The summed E-state index contributed by atoms with van der Waals surface area (Å²) in [6, 6.07) is 25.8. The number of carbonyl (C=O) groups is 9. The predicted molar refractivity (Wildman–Crippen MR) is 427 cm³/mol. The molecule has 10 aliphatic heterocycles. The molecule has 10 aliphatic rings. The Hall–Kier alpha value is -9.60. The number of hydrogen-bond donors (Lipinski definition) is 7. The van der Waals surface area contributed by atoms with Gasteiger partial charge in [-0.15, -0.1) is 34.9 Å². The van der Waals surface area contributed by atoms with Crippen molar-refractivity contribution in [1.29, 1.82) is 0 Å². The van der Waals surface area contributed by atoms with Crippen LogP contribution in [0.3, 0.4) is 0 Å². The molecule has 0 aliphatic carbocycles. The first kappa shape index (κ1) is 89.2. The first-order chi connectivity index (χ1) is 56.9. The Bertz CT molecular complexity index is 4480. The standard InChI is InChI=1S/C19H25N3O4.C18H22N4O2S.C14H16N2O4.C11H16N4O2S.C10H15N5O5S2.C4H10N2O/c1-2-6-16(23)11-20-18(24)17-10-9-15-12-21(17)19(25)22(15)26-13-14-7-4-3-5-8-14;1-2-6-16-19-20-17(25-16)15-10-9-14-11-21(15)18(23)22(14)24-12-13-7-4-3-5-8-13;17-13(18)12-7-6-11-8-15(12)14(19)16(11)20-9-10-4-2-1-3-5-10;1-2-3-9-12-13-10(18-9)8-5-4-7-6-14(8)11(16)15(7)17;11-4-3-8-12-13-9(21-8)7-2-1-6-5-14(7)10(16)15(6)20-22(17,18)19;1-2-3-4(7)6-5/h3-5,7-8,15,17H,2,6,9-13H2,1H3,(H,20,24);3-5,7-8,14-15H,2,6,9-12H2,1H3;1-5,11-12H,6-9H2,(H,17,18);7-8,17H,2-6H2,1H3;6-7H,1-5,11H2,(H,17,18,19);2-3,5H2,1H3,(H,6,7)/t15-,17+;14-,15+;11-,12+;7-,8+;6-,7+;/m11111./s1. The number of urea groups is 5. The lowest BCUT2D eigenvalue weighted by Gasteiger charge is -2.29. The molecule has 6 aromatic rings. The zero-order valence-corrected chi connectivity index (χ0v) is 69.6. The summed E-state index contributed by atoms with van der Waals surface area (Å²) in [4.78, 5) is 132. The number of ketones is 1. The topological polar surface area (TPSA) is 471 Å². The number of nitrogens with zero attached hydrogens (tertiary/aromatic N) is 16. The molecule has 12 amide bonds. The molecule has 10 atom stereocenters. The van der Waals surface area contributed by atoms with Crippen molar-refractivity contribution in [3.63, 3.8) is 0 Å². The lowest BCUT2D eigenvalue weighted by Crippen LogP contribution is -2.50. The Morgan fingerprint density at radius 1 is 0.475 bits per heavy atom. The molecule has 9 N–H and O–H groups in total. The van der Waals surface area contributed by atoms with Gasteiger partial charge in [0.1, 0.15) is 62.0 Å². The van der Waals surface area contributed by atoms with Gasteiger partial charge in [0.2, 0.25) is 11.8 Å². The number of hydrogen-bond acceptors (Lipinski definition) is 27. The van der Waals surface area contributed by atoms with Crippen LogP contribution < -0.4 is 22.3 Å². The Morgan fingerprint density at radius 3 is 1.24 bits per heavy atom. The van der Waals surface area contributed by atoms with E-state index in [0.29, 0.717) is 122 Å². The average Bonchev–Trinajstić information content (AvgIpc) is 1.62. The summed E-state index contributed by atoms with van der Waals surface area (Å²) in [5, 5.41) is 57.9. The van der Waals surface area contributed by atoms with Gasteiger partial charge >= 0.3 is 46.5 Å². The van der Waals surface area contributed by atoms with E-state index in [4.69, 9.17) is 35.7 Å². The van der Waals surface area contributed by atoms with Crippen molar-refractivity contribution in [2.75, 3.05) is 45.8 Å². The minimum atomic E-state index is -4.73. The van der Waals surface area contributed by atoms with E-state index in [1.165, 1.54) is 31.3 Å². The number of rotatable bonds is 28. The van der Waals surface area contributed by atoms with Crippen LogP contribution in [0.5, 0.6) is 0 Å². The van der Waals surface area contributed by atoms with Gasteiger partial charge in [0.15, 0.2) is 5.78 Å². The first-order valence-electron chi connectivity index (χ1n) is 40.0. The number of nitrogens with one attached hydrogen (secondary N) is 2. The maximum absolute atomic E-state index is 12.8. The highest BCUT2D eigenvalue weighted by atomic mass is 32.3. The maximum Gasteiger partial charge on any atom is 0.418 e. The molecule has 3 aromatic carbocycles. The van der Waals surface area contributed by atoms with Gasteiger partial charge in [-0.05, 0) is 113 Å². The van der Waals surface area contributed by atoms with E-state index in [9.17, 15) is 56.8 Å². The number of carboxylic acids is 1. The van der Waals surface area contributed by atoms with Crippen LogP contribution >= 0.6 is 34.0 Å². The number of fused-ring (bicyclic) bond motifs is 10. The molecule has 0 unspecified atom stereocenters. The lowest BCUT2D eigenvalue weighted by atomic mass is 10.0. The molecule has 0 saturated carbocycles. The first-order valence-corrected chi connectivity index (χ1v) is 43.8. The van der Waals surface area contributed by atoms with Crippen LogP contribution in [0.4, 0.5) is 24.0 Å². The normalized spacial score (nSPS) is 23.2. The fourth-order valence-electron chi connectivity index (χ4n) is 15.4. The number of hydrazine groups is 1. The van der Waals surface area contributed by atoms with Gasteiger partial charge in [-0.25, -0.2) is 39.7 Å². The van der Waals surface area contributed by atoms with Crippen LogP contribution in [0.2, 0.25) is 0 Å². The van der Waals surface area contributed by atoms with Crippen molar-refractivity contribution in [3.05, 3.63) is 138 Å². The molecular formula is C76H104N20O18S4. The second kappa shape index (κ2) is 42.4. The van der Waals surface area contributed by atoms with Crippen LogP contribution in [-0.4, -0.2) is 246 Å². The van der Waals surface area contributed by atoms with Crippen LogP contribution in [0.15, 0.2) is 91.0 Å². The second-order valence-corrected chi connectivity index (χ2v) is 33.9. The molecule has 118 heavy (non-hydrogen) atoms. The van der Waals surface area contributed by atoms with Gasteiger partial charge in [0, 0.05) is 64.8 Å². The van der Waals surface area contributed by atoms with Crippen LogP contribution in [-0.2, 0) is 87.5 Å². The highest BCUT2D eigenvalue weighted by Crippen LogP contribution is 2.43. The number of Topliss-reactive ketones (excluding diaryl/α,β-unsaturated/α-hetero) is 1. The molecule has 13 heterocycles. The van der Waals surface area contributed by atoms with Crippen molar-refractivity contribution >= 4 is 98.1 Å². The van der Waals surface area contributed by atoms with E-state index >= 15 is 0 Å². The Kier molecular flexibility index (Phi) is 32.0. The number of carboxylic acid groups (broad SMARTS) is 1. The van der Waals surface area contributed by atoms with Gasteiger partial charge < -0.3 is 40.7 Å². The third-order valence-corrected chi connectivity index (χ3v) is 24.9. The van der Waals surface area contributed by atoms with Crippen molar-refractivity contribution < 1.29 is 85.2 Å². The minimum absolute atomic E-state index is 0.00555. The summed E-state index contributed by atoms with van der Waals surface area (Å²) >= 11 is 4.62. The molecule has 16 rings (SSSR count). The summed E-state index contributed by atoms with van der Waals surface area (Å²) in [6.07, 6.45) is 14.4. The summed E-state index contributed by atoms with van der Waals surface area (Å²) in [5.41, 5.74) is 10.5. The average molecular weight is 1710 g/mol. The molecular weight excluding hydrogens is 1610 g/mol. The van der Waals surface area contributed by atoms with E-state index in [1.807, 2.05) is 115 Å². The molecule has 0 radical (unpaired) electrons. The molecule has 38 nitrogen and oxygen atoms in total. The largest absolute Gasteiger partial charge is 0.480 e. The highest BCUT2D eigenvalue weighted by molar-refractivity contribution is 7.80. The molecule has 0 spiro atoms. The summed E-state index contributed by atoms with van der Waals surface area (Å²) < 4.78 is 34.8. The molecule has 640 valence electrons. The number of piperidine rings is 5. The van der Waals surface area contributed by atoms with Crippen LogP contribution in [0, 0.1) is 0 Å². The van der Waals surface area contributed by atoms with E-state index in [1.54, 1.807) is 37.5 Å². The maximum atomic E-state index is 12.8. The summed E-state index contributed by atoms with van der Waals surface area (Å²) in [6.45, 7) is 12.2. The van der Waals surface area contributed by atoms with E-state index in [-0.39, 0.29) is 90.6 Å². The van der Waals surface area contributed by atoms with Crippen molar-refractivity contribution in [2.45, 2.75) is 230 Å². The minimum Gasteiger partial charge on any atom is -0.480 e. The second-order valence-electron chi connectivity index (χ2n) is 29.6. The Morgan fingerprint density at radius 2 is 0.839 bits per heavy atom. The number of aromatic nitrogens is 6. The number of benzene rings is 3. The zero-order chi connectivity index (χ0) is 84.2. The quantitative estimate of drug-likeness (QED) is 0.00799. The Labute approximate surface area is 695 Å². The van der Waals surface area contributed by atoms with Gasteiger partial charge in [0.25, 0.3) is 0 Å². The van der Waals surface area contributed by atoms with Gasteiger partial charge in [-0.2, -0.15) is 28.7 Å². The lowest BCUT2D eigenvalue weighted by molar-refractivity contribution is -0.143. The van der Waals surface area contributed by atoms with Gasteiger partial charge in [0.05, 0.1) is 54.9 Å². The van der Waals surface area contributed by atoms with Crippen molar-refractivity contribution in [2.24, 2.45) is 11.6 Å². The predicted octanol–water partition coefficient (Wildman–Crippen LogP) is 8.22. The van der Waals surface area contributed by atoms with Gasteiger partial charge in [-0.1, -0.05) is 153 Å². The van der Waals surface area contributed by atoms with Crippen molar-refractivity contribution in [1.82, 2.24) is 91.2 Å². The molecule has 42 heteroatoms. The number of aryl methyl sites for hydroxylation is 2. The number of amides is 12.